The van der Waals surface area contributed by atoms with Crippen LogP contribution in [-0.2, 0) is 33.2 Å². The van der Waals surface area contributed by atoms with Crippen molar-refractivity contribution < 1.29 is 73.4 Å². The third kappa shape index (κ3) is 9.86. The van der Waals surface area contributed by atoms with Crippen LogP contribution >= 0.6 is 0 Å². The van der Waals surface area contributed by atoms with Gasteiger partial charge in [0.2, 0.25) is 6.29 Å². The fraction of sp³-hybridized carbons (Fsp3) is 0.897. The van der Waals surface area contributed by atoms with E-state index in [-0.39, 0.29) is 26.1 Å². The van der Waals surface area contributed by atoms with Gasteiger partial charge in [0.15, 0.2) is 18.7 Å². The predicted octanol–water partition coefficient (Wildman–Crippen LogP) is -8.27. The molecule has 1 aliphatic carbocycles. The molecule has 1 saturated carbocycles. The van der Waals surface area contributed by atoms with E-state index in [9.17, 15) is 39.8 Å². The second-order valence-electron chi connectivity index (χ2n) is 13.0. The quantitative estimate of drug-likeness (QED) is 0.0653. The van der Waals surface area contributed by atoms with Gasteiger partial charge in [-0.15, -0.1) is 0 Å². The van der Waals surface area contributed by atoms with Crippen LogP contribution in [0.5, 0.6) is 0 Å². The Morgan fingerprint density at radius 2 is 1.57 bits per heavy atom. The maximum atomic E-state index is 14.0. The Morgan fingerprint density at radius 3 is 2.22 bits per heavy atom. The summed E-state index contributed by atoms with van der Waals surface area (Å²) in [7, 11) is 0. The molecule has 2 saturated heterocycles. The van der Waals surface area contributed by atoms with Crippen molar-refractivity contribution in [3.8, 4) is 0 Å². The number of aliphatic hydroxyl groups excluding tert-OH is 7. The minimum atomic E-state index is -2.15. The minimum absolute atomic E-state index is 0.106. The number of carbonyl (C=O) groups is 1. The summed E-state index contributed by atoms with van der Waals surface area (Å²) < 4.78 is 49.5. The summed E-state index contributed by atoms with van der Waals surface area (Å²) in [6.07, 6.45) is -19.4. The van der Waals surface area contributed by atoms with E-state index in [4.69, 9.17) is 62.2 Å². The normalized spacial score (nSPS) is 42.9. The summed E-state index contributed by atoms with van der Waals surface area (Å²) in [5.74, 6) is -0.724. The number of aliphatic hydroxyl groups is 7. The van der Waals surface area contributed by atoms with Crippen LogP contribution in [0.2, 0.25) is 0 Å². The van der Waals surface area contributed by atoms with Gasteiger partial charge in [0.25, 0.3) is 5.91 Å². The lowest BCUT2D eigenvalue weighted by Crippen LogP contribution is -2.67. The summed E-state index contributed by atoms with van der Waals surface area (Å²) in [5.41, 5.74) is 29.7. The molecule has 0 aromatic rings. The average Bonchev–Trinajstić information content (AvgIpc) is 3.41. The second kappa shape index (κ2) is 19.0. The average molecular weight is 744 g/mol. The zero-order valence-electron chi connectivity index (χ0n) is 27.9. The second-order valence-corrected chi connectivity index (χ2v) is 13.0. The Morgan fingerprint density at radius 1 is 0.902 bits per heavy atom. The molecule has 3 heterocycles. The maximum absolute atomic E-state index is 14.0. The first kappa shape index (κ1) is 42.0. The summed E-state index contributed by atoms with van der Waals surface area (Å²) in [5, 5.41) is 78.1. The minimum Gasteiger partial charge on any atom is -0.467 e. The molecule has 3 fully saturated rings. The lowest BCUT2D eigenvalue weighted by atomic mass is 9.83. The number of carbonyl (C=O) groups excluding carboxylic acids is 1. The molecule has 0 aromatic carbocycles. The Kier molecular flexibility index (Phi) is 15.6. The number of amides is 1. The lowest BCUT2D eigenvalue weighted by Gasteiger charge is -2.46. The highest BCUT2D eigenvalue weighted by Crippen LogP contribution is 2.34. The molecule has 19 N–H and O–H groups in total. The van der Waals surface area contributed by atoms with Crippen molar-refractivity contribution in [1.29, 1.82) is 0 Å². The van der Waals surface area contributed by atoms with Gasteiger partial charge >= 0.3 is 0 Å². The lowest BCUT2D eigenvalue weighted by molar-refractivity contribution is -0.282. The number of alkyl halides is 1. The van der Waals surface area contributed by atoms with Gasteiger partial charge in [-0.25, -0.2) is 4.39 Å². The van der Waals surface area contributed by atoms with Crippen LogP contribution in [0, 0.1) is 0 Å². The van der Waals surface area contributed by atoms with Gasteiger partial charge in [-0.05, 0) is 18.9 Å². The largest absolute Gasteiger partial charge is 0.467 e. The third-order valence-corrected chi connectivity index (χ3v) is 9.33. The Bertz CT molecular complexity index is 1140. The molecule has 3 aliphatic heterocycles. The van der Waals surface area contributed by atoms with Gasteiger partial charge in [0, 0.05) is 25.7 Å². The topological polar surface area (TPSA) is 368 Å². The summed E-state index contributed by atoms with van der Waals surface area (Å²) in [6, 6.07) is -4.29. The van der Waals surface area contributed by atoms with Crippen LogP contribution in [0.25, 0.3) is 0 Å². The van der Waals surface area contributed by atoms with E-state index >= 15 is 0 Å². The number of hydrogen-bond donors (Lipinski definition) is 14. The standard InChI is InChI=1S/C29H54FN7O14/c30-11(6-31)18(40)26(45)37-14-5-13(34)23(49-27-12(33)2-1-10(46-27)8-36-3-4-38)25(19(14)41)51-29-22(44)24(16(9-39)48-29)50-28-17(35)21(43)20(42)15(7-32)47-28/h1,11-25,27-29,36,38-44H,2-9,31-35H2,(H,37,45)/t11-,12+,13-,14+,15-,16+,17+,18?,19-,20+,21+,22+,23+,24+,25+,27+,28+,29-/m0/s1. The molecular weight excluding hydrogens is 689 g/mol. The molecular formula is C29H54FN7O14. The molecule has 0 spiro atoms. The van der Waals surface area contributed by atoms with Gasteiger partial charge < -0.3 is 103 Å². The zero-order valence-corrected chi connectivity index (χ0v) is 27.9. The van der Waals surface area contributed by atoms with E-state index in [1.165, 1.54) is 0 Å². The monoisotopic (exact) mass is 743 g/mol. The van der Waals surface area contributed by atoms with E-state index in [0.29, 0.717) is 18.7 Å². The highest BCUT2D eigenvalue weighted by atomic mass is 19.1. The Labute approximate surface area is 293 Å². The van der Waals surface area contributed by atoms with Crippen LogP contribution in [0.15, 0.2) is 11.8 Å². The summed E-state index contributed by atoms with van der Waals surface area (Å²) in [6.45, 7) is -1.14. The van der Waals surface area contributed by atoms with Crippen molar-refractivity contribution in [3.63, 3.8) is 0 Å². The highest BCUT2D eigenvalue weighted by molar-refractivity contribution is 5.81. The zero-order chi connectivity index (χ0) is 37.6. The highest BCUT2D eigenvalue weighted by Gasteiger charge is 2.54. The molecule has 21 nitrogen and oxygen atoms in total. The smallest absolute Gasteiger partial charge is 0.252 e. The molecule has 22 heteroatoms. The number of hydrogen-bond acceptors (Lipinski definition) is 20. The number of rotatable bonds is 16. The van der Waals surface area contributed by atoms with Crippen molar-refractivity contribution in [2.24, 2.45) is 28.7 Å². The van der Waals surface area contributed by atoms with Crippen LogP contribution in [0.4, 0.5) is 4.39 Å². The fourth-order valence-electron chi connectivity index (χ4n) is 6.34. The van der Waals surface area contributed by atoms with Crippen molar-refractivity contribution in [2.45, 2.75) is 123 Å². The van der Waals surface area contributed by atoms with Crippen molar-refractivity contribution >= 4 is 5.91 Å². The van der Waals surface area contributed by atoms with Crippen LogP contribution < -0.4 is 39.3 Å². The van der Waals surface area contributed by atoms with E-state index in [2.05, 4.69) is 10.6 Å². The Balaban J connectivity index is 1.55. The maximum Gasteiger partial charge on any atom is 0.252 e. The van der Waals surface area contributed by atoms with Gasteiger partial charge in [-0.2, -0.15) is 0 Å². The molecule has 0 bridgehead atoms. The first-order valence-corrected chi connectivity index (χ1v) is 16.8. The molecule has 0 aromatic heterocycles. The Hall–Kier alpha value is -1.78. The number of nitrogens with one attached hydrogen (secondary N) is 2. The van der Waals surface area contributed by atoms with Gasteiger partial charge in [0.05, 0.1) is 37.9 Å². The fourth-order valence-corrected chi connectivity index (χ4v) is 6.34. The van der Waals surface area contributed by atoms with E-state index in [0.717, 1.165) is 0 Å². The van der Waals surface area contributed by atoms with Crippen LogP contribution in [0.1, 0.15) is 12.8 Å². The van der Waals surface area contributed by atoms with Gasteiger partial charge in [0.1, 0.15) is 66.9 Å². The van der Waals surface area contributed by atoms with E-state index in [1.54, 1.807) is 6.08 Å². The molecule has 1 amide bonds. The first-order valence-electron chi connectivity index (χ1n) is 16.8. The third-order valence-electron chi connectivity index (χ3n) is 9.33. The summed E-state index contributed by atoms with van der Waals surface area (Å²) in [4.78, 5) is 12.7. The SMILES string of the molecule is NC[C@@H]1O[C@H](O[C@H]2[C@@H](O)[C@H](O[C@@H]3[C@@H](O)[C@H](NC(=O)C(O)[C@@H](F)CN)C[C@H](N)[C@H]3O[C@H]3OC(CNCCO)=CC[C@H]3N)O[C@@H]2CO)[C@H](N)[C@@H](O)[C@@H]1O. The predicted molar refractivity (Wildman–Crippen MR) is 170 cm³/mol. The van der Waals surface area contributed by atoms with Gasteiger partial charge in [-0.3, -0.25) is 4.79 Å². The first-order chi connectivity index (χ1) is 24.3. The summed E-state index contributed by atoms with van der Waals surface area (Å²) >= 11 is 0. The number of ether oxygens (including phenoxy) is 6. The van der Waals surface area contributed by atoms with Gasteiger partial charge in [-0.1, -0.05) is 0 Å². The van der Waals surface area contributed by atoms with Crippen molar-refractivity contribution in [3.05, 3.63) is 11.8 Å². The number of halogens is 1. The molecule has 51 heavy (non-hydrogen) atoms. The van der Waals surface area contributed by atoms with Crippen molar-refractivity contribution in [2.75, 3.05) is 39.4 Å². The molecule has 4 aliphatic rings. The van der Waals surface area contributed by atoms with Crippen LogP contribution in [-0.4, -0.2) is 191 Å². The van der Waals surface area contributed by atoms with Crippen LogP contribution in [0.3, 0.4) is 0 Å². The van der Waals surface area contributed by atoms with E-state index in [1.807, 2.05) is 0 Å². The molecule has 18 atom stereocenters. The van der Waals surface area contributed by atoms with E-state index < -0.39 is 129 Å². The number of nitrogens with two attached hydrogens (primary N) is 5. The molecule has 4 rings (SSSR count). The molecule has 296 valence electrons. The molecule has 0 radical (unpaired) electrons. The van der Waals surface area contributed by atoms with Crippen molar-refractivity contribution in [1.82, 2.24) is 10.6 Å². The molecule has 1 unspecified atom stereocenters.